The highest BCUT2D eigenvalue weighted by molar-refractivity contribution is 7.86. The quantitative estimate of drug-likeness (QED) is 0.336. The van der Waals surface area contributed by atoms with Crippen molar-refractivity contribution in [1.82, 2.24) is 0 Å². The van der Waals surface area contributed by atoms with Crippen molar-refractivity contribution in [1.29, 1.82) is 0 Å². The van der Waals surface area contributed by atoms with Crippen LogP contribution in [-0.4, -0.2) is 36.5 Å². The third-order valence-electron chi connectivity index (χ3n) is 1.38. The molecule has 0 aromatic carbocycles. The van der Waals surface area contributed by atoms with E-state index in [9.17, 15) is 44.1 Å². The molecular weight excluding hydrogens is 298 g/mol. The highest BCUT2D eigenvalue weighted by atomic mass is 32.2. The Hall–Kier alpha value is -1.30. The van der Waals surface area contributed by atoms with Gasteiger partial charge in [-0.05, 0) is 0 Å². The van der Waals surface area contributed by atoms with Gasteiger partial charge in [0.15, 0.2) is 10.1 Å². The predicted octanol–water partition coefficient (Wildman–Crippen LogP) is 1.08. The van der Waals surface area contributed by atoms with Crippen LogP contribution in [0.5, 0.6) is 0 Å². The summed E-state index contributed by atoms with van der Waals surface area (Å²) >= 11 is 0. The van der Waals surface area contributed by atoms with Gasteiger partial charge in [-0.15, -0.1) is 0 Å². The second kappa shape index (κ2) is 4.76. The van der Waals surface area contributed by atoms with Gasteiger partial charge in [0, 0.05) is 0 Å². The van der Waals surface area contributed by atoms with E-state index in [1.54, 1.807) is 0 Å². The van der Waals surface area contributed by atoms with Crippen LogP contribution in [0, 0.1) is 0 Å². The van der Waals surface area contributed by atoms with Crippen molar-refractivity contribution >= 4 is 16.1 Å². The summed E-state index contributed by atoms with van der Waals surface area (Å²) in [4.78, 5) is 10.3. The molecule has 0 fully saturated rings. The fraction of sp³-hybridized carbons (Fsp3) is 0.500. The molecule has 0 aliphatic carbocycles. The normalized spacial score (nSPS) is 15.1. The molecule has 0 amide bonds. The van der Waals surface area contributed by atoms with Gasteiger partial charge in [-0.3, -0.25) is 0 Å². The Morgan fingerprint density at radius 1 is 1.22 bits per heavy atom. The van der Waals surface area contributed by atoms with E-state index in [2.05, 4.69) is 11.3 Å². The summed E-state index contributed by atoms with van der Waals surface area (Å²) in [6, 6.07) is 0. The number of rotatable bonds is 4. The lowest BCUT2D eigenvalue weighted by molar-refractivity contribution is -0.258. The molecule has 106 valence electrons. The molecule has 0 aliphatic heterocycles. The number of hydrogen-bond acceptors (Lipinski definition) is 5. The maximum Gasteiger partial charge on any atom is 0.432 e. The van der Waals surface area contributed by atoms with E-state index < -0.39 is 39.4 Å². The first-order chi connectivity index (χ1) is 7.71. The number of ether oxygens (including phenoxy) is 1. The molecule has 0 spiro atoms. The molecule has 0 radical (unpaired) electrons. The number of halogens is 6. The van der Waals surface area contributed by atoms with Gasteiger partial charge in [-0.2, -0.15) is 26.3 Å². The Kier molecular flexibility index (Phi) is 4.42. The van der Waals surface area contributed by atoms with Crippen molar-refractivity contribution in [3.8, 4) is 0 Å². The fourth-order valence-corrected chi connectivity index (χ4v) is 1.07. The van der Waals surface area contributed by atoms with Crippen molar-refractivity contribution < 1.29 is 48.8 Å². The van der Waals surface area contributed by atoms with Crippen molar-refractivity contribution in [3.63, 3.8) is 0 Å². The lowest BCUT2D eigenvalue weighted by Gasteiger charge is -2.29. The minimum atomic E-state index is -6.79. The van der Waals surface area contributed by atoms with E-state index in [1.165, 1.54) is 0 Å². The fourth-order valence-electron chi connectivity index (χ4n) is 0.628. The Balaban J connectivity index is 5.55. The third kappa shape index (κ3) is 3.60. The number of carbonyl (C=O) groups is 1. The Labute approximate surface area is 95.8 Å². The van der Waals surface area contributed by atoms with Crippen LogP contribution in [0.15, 0.2) is 12.4 Å². The van der Waals surface area contributed by atoms with Gasteiger partial charge in [0.25, 0.3) is 6.10 Å². The van der Waals surface area contributed by atoms with E-state index in [4.69, 9.17) is 0 Å². The maximum atomic E-state index is 12.7. The lowest BCUT2D eigenvalue weighted by Crippen LogP contribution is -2.52. The number of esters is 1. The molecule has 0 heterocycles. The number of alkyl halides is 5. The van der Waals surface area contributed by atoms with Crippen molar-refractivity contribution in [2.75, 3.05) is 0 Å². The van der Waals surface area contributed by atoms with Gasteiger partial charge < -0.3 is 9.29 Å². The van der Waals surface area contributed by atoms with Gasteiger partial charge in [0.1, 0.15) is 0 Å². The Morgan fingerprint density at radius 2 is 1.61 bits per heavy atom. The first-order valence-corrected chi connectivity index (χ1v) is 5.07. The largest absolute Gasteiger partial charge is 0.743 e. The average molecular weight is 301 g/mol. The minimum absolute atomic E-state index is 2.15. The van der Waals surface area contributed by atoms with Crippen LogP contribution in [0.3, 0.4) is 0 Å². The first-order valence-electron chi connectivity index (χ1n) is 3.66. The lowest BCUT2D eigenvalue weighted by atomic mass is 10.3. The number of hydrogen-bond donors (Lipinski definition) is 0. The van der Waals surface area contributed by atoms with Crippen LogP contribution in [0.25, 0.3) is 0 Å². The Morgan fingerprint density at radius 3 is 1.83 bits per heavy atom. The standard InChI is InChI=1S/C6H4F6O5S/c1-2(7)3(13)17-4(5(8,9)10)6(11,12)18(14,15)16/h4H,1H2,(H,14,15,16)/p-1. The van der Waals surface area contributed by atoms with E-state index >= 15 is 0 Å². The number of carbonyl (C=O) groups excluding carboxylic acids is 1. The summed E-state index contributed by atoms with van der Waals surface area (Å²) in [6.07, 6.45) is -10.7. The van der Waals surface area contributed by atoms with Crippen LogP contribution < -0.4 is 0 Å². The molecule has 0 aliphatic rings. The molecule has 0 N–H and O–H groups in total. The third-order valence-corrected chi connectivity index (χ3v) is 2.26. The highest BCUT2D eigenvalue weighted by Gasteiger charge is 2.63. The van der Waals surface area contributed by atoms with Crippen LogP contribution in [-0.2, 0) is 19.6 Å². The van der Waals surface area contributed by atoms with Crippen molar-refractivity contribution in [2.24, 2.45) is 0 Å². The summed E-state index contributed by atoms with van der Waals surface area (Å²) in [5.74, 6) is -4.75. The van der Waals surface area contributed by atoms with Crippen LogP contribution in [0.1, 0.15) is 0 Å². The summed E-state index contributed by atoms with van der Waals surface area (Å²) in [5.41, 5.74) is 0. The van der Waals surface area contributed by atoms with Crippen LogP contribution >= 0.6 is 0 Å². The summed E-state index contributed by atoms with van der Waals surface area (Å²) in [7, 11) is -6.79. The smallest absolute Gasteiger partial charge is 0.432 e. The van der Waals surface area contributed by atoms with Crippen LogP contribution in [0.2, 0.25) is 0 Å². The summed E-state index contributed by atoms with van der Waals surface area (Å²) < 4.78 is 106. The summed E-state index contributed by atoms with van der Waals surface area (Å²) in [5, 5.41) is -6.00. The molecule has 1 atom stereocenters. The van der Waals surface area contributed by atoms with Gasteiger partial charge in [0.2, 0.25) is 5.83 Å². The molecule has 18 heavy (non-hydrogen) atoms. The second-order valence-corrected chi connectivity index (χ2v) is 4.20. The molecule has 0 bridgehead atoms. The topological polar surface area (TPSA) is 83.5 Å². The van der Waals surface area contributed by atoms with Crippen LogP contribution in [0.4, 0.5) is 26.3 Å². The van der Waals surface area contributed by atoms with Gasteiger partial charge in [0.05, 0.1) is 0 Å². The highest BCUT2D eigenvalue weighted by Crippen LogP contribution is 2.38. The molecule has 0 aromatic rings. The zero-order chi connectivity index (χ0) is 14.9. The minimum Gasteiger partial charge on any atom is -0.743 e. The van der Waals surface area contributed by atoms with E-state index in [-0.39, 0.29) is 0 Å². The van der Waals surface area contributed by atoms with Gasteiger partial charge >= 0.3 is 17.4 Å². The van der Waals surface area contributed by atoms with E-state index in [1.807, 2.05) is 0 Å². The summed E-state index contributed by atoms with van der Waals surface area (Å²) in [6.45, 7) is 2.15. The molecule has 1 unspecified atom stereocenters. The Bertz CT molecular complexity index is 452. The monoisotopic (exact) mass is 301 g/mol. The van der Waals surface area contributed by atoms with Gasteiger partial charge in [-0.25, -0.2) is 13.2 Å². The molecule has 0 rings (SSSR count). The van der Waals surface area contributed by atoms with E-state index in [0.717, 1.165) is 0 Å². The maximum absolute atomic E-state index is 12.7. The molecule has 0 saturated carbocycles. The molecular formula is C6H3F6O5S-. The predicted molar refractivity (Wildman–Crippen MR) is 40.8 cm³/mol. The van der Waals surface area contributed by atoms with Crippen molar-refractivity contribution in [3.05, 3.63) is 12.4 Å². The van der Waals surface area contributed by atoms with Gasteiger partial charge in [-0.1, -0.05) is 6.58 Å². The van der Waals surface area contributed by atoms with E-state index in [0.29, 0.717) is 0 Å². The molecule has 5 nitrogen and oxygen atoms in total. The van der Waals surface area contributed by atoms with Crippen molar-refractivity contribution in [2.45, 2.75) is 17.5 Å². The zero-order valence-electron chi connectivity index (χ0n) is 8.00. The zero-order valence-corrected chi connectivity index (χ0v) is 8.82. The second-order valence-electron chi connectivity index (χ2n) is 2.75. The SMILES string of the molecule is C=C(F)C(=O)OC(C(F)(F)F)C(F)(F)S(=O)(=O)[O-]. The molecule has 12 heteroatoms. The molecule has 0 aromatic heterocycles. The average Bonchev–Trinajstić information content (AvgIpc) is 2.09. The molecule has 0 saturated heterocycles. The first kappa shape index (κ1) is 16.7.